The van der Waals surface area contributed by atoms with Gasteiger partial charge in [0.25, 0.3) is 0 Å². The molecule has 0 aliphatic heterocycles. The van der Waals surface area contributed by atoms with Crippen LogP contribution in [0.4, 0.5) is 17.1 Å². The molecular weight excluding hydrogens is 659 g/mol. The summed E-state index contributed by atoms with van der Waals surface area (Å²) in [6.07, 6.45) is 0. The lowest BCUT2D eigenvalue weighted by molar-refractivity contribution is 0.660. The number of para-hydroxylation sites is 1. The summed E-state index contributed by atoms with van der Waals surface area (Å²) < 4.78 is 13.1. The lowest BCUT2D eigenvalue weighted by Crippen LogP contribution is -2.16. The van der Waals surface area contributed by atoms with Crippen LogP contribution in [0.15, 0.2) is 185 Å². The Bertz CT molecular complexity index is 3080. The molecule has 0 amide bonds. The van der Waals surface area contributed by atoms with E-state index in [1.54, 1.807) is 0 Å². The van der Waals surface area contributed by atoms with Crippen molar-refractivity contribution in [3.8, 4) is 33.4 Å². The maximum Gasteiger partial charge on any atom is 0.136 e. The molecule has 10 aromatic rings. The molecule has 11 rings (SSSR count). The molecule has 0 saturated carbocycles. The SMILES string of the molecule is CC1(C)c2ccccc2-c2ccc(N(c3ccc4oc5cc6c(cc5c4c3)oc3ccc(-c4ccccc4)cc36)c3ccccc3-c3ccccc3)cc21. The topological polar surface area (TPSA) is 29.5 Å². The van der Waals surface area contributed by atoms with E-state index in [1.807, 2.05) is 6.07 Å². The van der Waals surface area contributed by atoms with Crippen LogP contribution >= 0.6 is 0 Å². The van der Waals surface area contributed by atoms with Crippen LogP contribution in [-0.4, -0.2) is 0 Å². The van der Waals surface area contributed by atoms with Crippen molar-refractivity contribution in [3.63, 3.8) is 0 Å². The fourth-order valence-electron chi connectivity index (χ4n) is 8.77. The normalized spacial score (nSPS) is 13.1. The van der Waals surface area contributed by atoms with Crippen LogP contribution in [0.5, 0.6) is 0 Å². The molecule has 0 radical (unpaired) electrons. The number of rotatable bonds is 5. The summed E-state index contributed by atoms with van der Waals surface area (Å²) in [6, 6.07) is 63.0. The first-order valence-corrected chi connectivity index (χ1v) is 18.6. The first kappa shape index (κ1) is 30.8. The van der Waals surface area contributed by atoms with Gasteiger partial charge in [-0.3, -0.25) is 0 Å². The molecule has 3 nitrogen and oxygen atoms in total. The molecule has 2 heterocycles. The zero-order valence-electron chi connectivity index (χ0n) is 30.0. The maximum atomic E-state index is 6.60. The number of hydrogen-bond acceptors (Lipinski definition) is 3. The summed E-state index contributed by atoms with van der Waals surface area (Å²) in [6.45, 7) is 4.68. The predicted octanol–water partition coefficient (Wildman–Crippen LogP) is 14.6. The van der Waals surface area contributed by atoms with E-state index in [9.17, 15) is 0 Å². The Morgan fingerprint density at radius 3 is 1.65 bits per heavy atom. The molecule has 0 N–H and O–H groups in total. The van der Waals surface area contributed by atoms with Gasteiger partial charge in [0.05, 0.1) is 5.69 Å². The molecule has 0 bridgehead atoms. The summed E-state index contributed by atoms with van der Waals surface area (Å²) in [4.78, 5) is 2.41. The van der Waals surface area contributed by atoms with E-state index in [4.69, 9.17) is 8.83 Å². The van der Waals surface area contributed by atoms with Gasteiger partial charge in [-0.1, -0.05) is 129 Å². The molecule has 0 fully saturated rings. The molecule has 54 heavy (non-hydrogen) atoms. The Morgan fingerprint density at radius 1 is 0.370 bits per heavy atom. The first-order chi connectivity index (χ1) is 26.5. The summed E-state index contributed by atoms with van der Waals surface area (Å²) in [5, 5.41) is 4.21. The molecule has 1 aliphatic rings. The van der Waals surface area contributed by atoms with E-state index < -0.39 is 0 Å². The van der Waals surface area contributed by atoms with Crippen LogP contribution in [0.25, 0.3) is 77.3 Å². The number of fused-ring (bicyclic) bond motifs is 9. The number of benzene rings is 8. The van der Waals surface area contributed by atoms with Gasteiger partial charge in [-0.05, 0) is 99.6 Å². The van der Waals surface area contributed by atoms with Gasteiger partial charge in [0.2, 0.25) is 0 Å². The highest BCUT2D eigenvalue weighted by atomic mass is 16.3. The molecule has 256 valence electrons. The molecule has 0 saturated heterocycles. The van der Waals surface area contributed by atoms with Gasteiger partial charge in [-0.25, -0.2) is 0 Å². The number of furan rings is 2. The third kappa shape index (κ3) is 4.61. The van der Waals surface area contributed by atoms with Crippen molar-refractivity contribution in [2.75, 3.05) is 4.90 Å². The Balaban J connectivity index is 1.11. The Labute approximate surface area is 313 Å². The van der Waals surface area contributed by atoms with Gasteiger partial charge < -0.3 is 13.7 Å². The van der Waals surface area contributed by atoms with E-state index in [2.05, 4.69) is 189 Å². The number of nitrogens with zero attached hydrogens (tertiary/aromatic N) is 1. The zero-order chi connectivity index (χ0) is 36.0. The molecule has 0 unspecified atom stereocenters. The second-order valence-corrected chi connectivity index (χ2v) is 14.9. The van der Waals surface area contributed by atoms with E-state index in [-0.39, 0.29) is 5.41 Å². The summed E-state index contributed by atoms with van der Waals surface area (Å²) in [5.74, 6) is 0. The molecular formula is C51H35NO2. The highest BCUT2D eigenvalue weighted by Crippen LogP contribution is 2.51. The van der Waals surface area contributed by atoms with Crippen molar-refractivity contribution >= 4 is 60.9 Å². The van der Waals surface area contributed by atoms with Crippen LogP contribution in [0, 0.1) is 0 Å². The zero-order valence-corrected chi connectivity index (χ0v) is 30.0. The predicted molar refractivity (Wildman–Crippen MR) is 224 cm³/mol. The highest BCUT2D eigenvalue weighted by molar-refractivity contribution is 6.16. The van der Waals surface area contributed by atoms with Crippen molar-refractivity contribution in [2.24, 2.45) is 0 Å². The summed E-state index contributed by atoms with van der Waals surface area (Å²) in [7, 11) is 0. The first-order valence-electron chi connectivity index (χ1n) is 18.6. The van der Waals surface area contributed by atoms with E-state index in [0.717, 1.165) is 72.1 Å². The van der Waals surface area contributed by atoms with Gasteiger partial charge >= 0.3 is 0 Å². The minimum absolute atomic E-state index is 0.128. The highest BCUT2D eigenvalue weighted by Gasteiger charge is 2.36. The van der Waals surface area contributed by atoms with Gasteiger partial charge in [0.1, 0.15) is 22.3 Å². The van der Waals surface area contributed by atoms with Gasteiger partial charge in [-0.2, -0.15) is 0 Å². The van der Waals surface area contributed by atoms with Crippen LogP contribution in [0.2, 0.25) is 0 Å². The van der Waals surface area contributed by atoms with Crippen molar-refractivity contribution in [3.05, 3.63) is 187 Å². The summed E-state index contributed by atoms with van der Waals surface area (Å²) in [5.41, 5.74) is 16.6. The van der Waals surface area contributed by atoms with E-state index in [1.165, 1.54) is 33.4 Å². The standard InChI is InChI=1S/C51H35NO2/c1-51(2)44-19-11-9-18-38(44)39-24-22-36(29-45(39)51)52(46-20-12-10-17-37(46)33-15-7-4-8-16-33)35-23-26-48-41(28-35)43-31-49-42(30-50(43)54-48)40-27-34(21-25-47(40)53-49)32-13-5-3-6-14-32/h3-31H,1-2H3. The quantitative estimate of drug-likeness (QED) is 0.180. The smallest absolute Gasteiger partial charge is 0.136 e. The van der Waals surface area contributed by atoms with Crippen molar-refractivity contribution < 1.29 is 8.83 Å². The largest absolute Gasteiger partial charge is 0.456 e. The Hall–Kier alpha value is -6.84. The number of anilines is 3. The maximum absolute atomic E-state index is 6.60. The van der Waals surface area contributed by atoms with Crippen LogP contribution < -0.4 is 4.90 Å². The molecule has 2 aromatic heterocycles. The molecule has 0 atom stereocenters. The van der Waals surface area contributed by atoms with Crippen molar-refractivity contribution in [1.82, 2.24) is 0 Å². The fourth-order valence-corrected chi connectivity index (χ4v) is 8.77. The van der Waals surface area contributed by atoms with E-state index >= 15 is 0 Å². The molecule has 0 spiro atoms. The van der Waals surface area contributed by atoms with E-state index in [0.29, 0.717) is 0 Å². The minimum atomic E-state index is -0.128. The average Bonchev–Trinajstić information content (AvgIpc) is 3.84. The molecule has 3 heteroatoms. The third-order valence-corrected chi connectivity index (χ3v) is 11.5. The number of hydrogen-bond donors (Lipinski definition) is 0. The lowest BCUT2D eigenvalue weighted by atomic mass is 9.82. The molecule has 1 aliphatic carbocycles. The monoisotopic (exact) mass is 693 g/mol. The minimum Gasteiger partial charge on any atom is -0.456 e. The third-order valence-electron chi connectivity index (χ3n) is 11.5. The average molecular weight is 694 g/mol. The summed E-state index contributed by atoms with van der Waals surface area (Å²) >= 11 is 0. The second-order valence-electron chi connectivity index (χ2n) is 14.9. The van der Waals surface area contributed by atoms with Gasteiger partial charge in [0, 0.05) is 43.9 Å². The Morgan fingerprint density at radius 2 is 0.907 bits per heavy atom. The van der Waals surface area contributed by atoms with Crippen molar-refractivity contribution in [2.45, 2.75) is 19.3 Å². The van der Waals surface area contributed by atoms with Gasteiger partial charge in [0.15, 0.2) is 0 Å². The second kappa shape index (κ2) is 11.6. The molecule has 8 aromatic carbocycles. The van der Waals surface area contributed by atoms with Crippen LogP contribution in [0.3, 0.4) is 0 Å². The Kier molecular flexibility index (Phi) is 6.60. The van der Waals surface area contributed by atoms with Crippen LogP contribution in [0.1, 0.15) is 25.0 Å². The van der Waals surface area contributed by atoms with Crippen molar-refractivity contribution in [1.29, 1.82) is 0 Å². The fraction of sp³-hybridized carbons (Fsp3) is 0.0588. The van der Waals surface area contributed by atoms with Gasteiger partial charge in [-0.15, -0.1) is 0 Å². The lowest BCUT2D eigenvalue weighted by Gasteiger charge is -2.30. The van der Waals surface area contributed by atoms with Crippen LogP contribution in [-0.2, 0) is 5.41 Å².